The van der Waals surface area contributed by atoms with E-state index in [1.807, 2.05) is 0 Å². The summed E-state index contributed by atoms with van der Waals surface area (Å²) in [4.78, 5) is 14.9. The lowest BCUT2D eigenvalue weighted by molar-refractivity contribution is 0.0521. The first kappa shape index (κ1) is 20.9. The van der Waals surface area contributed by atoms with Gasteiger partial charge in [-0.3, -0.25) is 4.72 Å². The van der Waals surface area contributed by atoms with E-state index in [4.69, 9.17) is 25.8 Å². The highest BCUT2D eigenvalue weighted by Gasteiger charge is 2.30. The van der Waals surface area contributed by atoms with E-state index in [0.29, 0.717) is 17.1 Å². The normalized spacial score (nSPS) is 11.2. The molecule has 2 N–H and O–H groups in total. The maximum absolute atomic E-state index is 13.0. The molecule has 0 bridgehead atoms. The third-order valence-electron chi connectivity index (χ3n) is 3.78. The number of H-pyrrole nitrogens is 1. The molecule has 0 amide bonds. The Hall–Kier alpha value is -2.39. The Balaban J connectivity index is 2.56. The fraction of sp³-hybridized carbons (Fsp3) is 0.353. The van der Waals surface area contributed by atoms with E-state index < -0.39 is 16.0 Å². The van der Waals surface area contributed by atoms with E-state index in [1.54, 1.807) is 20.8 Å². The van der Waals surface area contributed by atoms with Crippen LogP contribution >= 0.6 is 11.6 Å². The molecule has 0 unspecified atom stereocenters. The van der Waals surface area contributed by atoms with Crippen LogP contribution in [0.4, 0.5) is 5.69 Å². The van der Waals surface area contributed by atoms with Crippen molar-refractivity contribution in [1.29, 1.82) is 0 Å². The number of sulfonamides is 1. The van der Waals surface area contributed by atoms with Gasteiger partial charge in [-0.05, 0) is 26.8 Å². The summed E-state index contributed by atoms with van der Waals surface area (Å²) < 4.78 is 43.8. The molecule has 2 rings (SSSR count). The van der Waals surface area contributed by atoms with Crippen molar-refractivity contribution >= 4 is 33.3 Å². The third-order valence-corrected chi connectivity index (χ3v) is 5.62. The van der Waals surface area contributed by atoms with Crippen molar-refractivity contribution in [3.63, 3.8) is 0 Å². The largest absolute Gasteiger partial charge is 0.495 e. The minimum atomic E-state index is -4.15. The number of halogens is 1. The number of anilines is 1. The molecule has 148 valence electrons. The van der Waals surface area contributed by atoms with Crippen LogP contribution in [0.1, 0.15) is 28.7 Å². The number of nitrogens with one attached hydrogen (secondary N) is 2. The number of ether oxygens (including phenoxy) is 3. The number of hydrogen-bond donors (Lipinski definition) is 2. The lowest BCUT2D eigenvalue weighted by Gasteiger charge is -2.15. The van der Waals surface area contributed by atoms with Crippen LogP contribution in [0.3, 0.4) is 0 Å². The number of aryl methyl sites for hydroxylation is 2. The van der Waals surface area contributed by atoms with Crippen molar-refractivity contribution in [3.8, 4) is 11.5 Å². The number of rotatable bonds is 7. The Morgan fingerprint density at radius 2 is 1.78 bits per heavy atom. The fourth-order valence-corrected chi connectivity index (χ4v) is 4.43. The summed E-state index contributed by atoms with van der Waals surface area (Å²) in [5, 5.41) is 0.198. The van der Waals surface area contributed by atoms with E-state index in [1.165, 1.54) is 26.4 Å². The zero-order valence-electron chi connectivity index (χ0n) is 15.6. The van der Waals surface area contributed by atoms with Crippen molar-refractivity contribution in [3.05, 3.63) is 34.1 Å². The second-order valence-electron chi connectivity index (χ2n) is 5.59. The summed E-state index contributed by atoms with van der Waals surface area (Å²) >= 11 is 6.10. The topological polar surface area (TPSA) is 107 Å². The quantitative estimate of drug-likeness (QED) is 0.671. The minimum absolute atomic E-state index is 0.0413. The summed E-state index contributed by atoms with van der Waals surface area (Å²) in [6, 6.07) is 2.83. The van der Waals surface area contributed by atoms with E-state index in [0.717, 1.165) is 0 Å². The van der Waals surface area contributed by atoms with Gasteiger partial charge < -0.3 is 19.2 Å². The fourth-order valence-electron chi connectivity index (χ4n) is 2.68. The molecular weight excluding hydrogens is 396 g/mol. The summed E-state index contributed by atoms with van der Waals surface area (Å²) in [5.74, 6) is -0.181. The number of aromatic nitrogens is 1. The molecule has 1 heterocycles. The number of aromatic amines is 1. The highest BCUT2D eigenvalue weighted by molar-refractivity contribution is 7.92. The third kappa shape index (κ3) is 4.14. The van der Waals surface area contributed by atoms with Gasteiger partial charge in [0, 0.05) is 17.5 Å². The maximum atomic E-state index is 13.0. The summed E-state index contributed by atoms with van der Waals surface area (Å²) in [6.45, 7) is 4.92. The van der Waals surface area contributed by atoms with Crippen LogP contribution < -0.4 is 14.2 Å². The molecular formula is C17H21ClN2O6S. The first-order valence-electron chi connectivity index (χ1n) is 7.96. The van der Waals surface area contributed by atoms with Gasteiger partial charge in [-0.2, -0.15) is 0 Å². The standard InChI is InChI=1S/C17H21ClN2O6S/c1-6-26-17(21)15-9(2)19-10(3)16(15)27(22,23)20-12-7-11(18)13(24-4)8-14(12)25-5/h7-8,19-20H,6H2,1-5H3. The lowest BCUT2D eigenvalue weighted by Crippen LogP contribution is -2.18. The van der Waals surface area contributed by atoms with E-state index >= 15 is 0 Å². The molecule has 0 fully saturated rings. The van der Waals surface area contributed by atoms with Gasteiger partial charge in [-0.15, -0.1) is 0 Å². The maximum Gasteiger partial charge on any atom is 0.341 e. The lowest BCUT2D eigenvalue weighted by atomic mass is 10.2. The SMILES string of the molecule is CCOC(=O)c1c(C)[nH]c(C)c1S(=O)(=O)Nc1cc(Cl)c(OC)cc1OC. The molecule has 27 heavy (non-hydrogen) atoms. The van der Waals surface area contributed by atoms with Gasteiger partial charge in [0.2, 0.25) is 0 Å². The number of benzene rings is 1. The Bertz CT molecular complexity index is 968. The molecule has 0 saturated carbocycles. The molecule has 1 aromatic carbocycles. The zero-order valence-corrected chi connectivity index (χ0v) is 17.2. The molecule has 0 radical (unpaired) electrons. The van der Waals surface area contributed by atoms with Crippen molar-refractivity contribution in [2.45, 2.75) is 25.7 Å². The van der Waals surface area contributed by atoms with Crippen LogP contribution in [0, 0.1) is 13.8 Å². The van der Waals surface area contributed by atoms with Crippen molar-refractivity contribution in [2.24, 2.45) is 0 Å². The van der Waals surface area contributed by atoms with Gasteiger partial charge in [0.15, 0.2) is 0 Å². The molecule has 0 atom stereocenters. The van der Waals surface area contributed by atoms with Crippen LogP contribution in [0.5, 0.6) is 11.5 Å². The molecule has 0 spiro atoms. The molecule has 1 aromatic heterocycles. The zero-order chi connectivity index (χ0) is 20.4. The number of methoxy groups -OCH3 is 2. The molecule has 0 aliphatic carbocycles. The Labute approximate surface area is 162 Å². The second kappa shape index (κ2) is 8.10. The van der Waals surface area contributed by atoms with E-state index in [2.05, 4.69) is 9.71 Å². The van der Waals surface area contributed by atoms with Crippen molar-refractivity contribution < 1.29 is 27.4 Å². The second-order valence-corrected chi connectivity index (χ2v) is 7.62. The molecule has 0 aliphatic rings. The smallest absolute Gasteiger partial charge is 0.341 e. The van der Waals surface area contributed by atoms with Crippen LogP contribution in [-0.2, 0) is 14.8 Å². The van der Waals surface area contributed by atoms with Crippen LogP contribution in [-0.4, -0.2) is 40.2 Å². The average Bonchev–Trinajstić information content (AvgIpc) is 2.90. The Morgan fingerprint density at radius 3 is 2.33 bits per heavy atom. The highest BCUT2D eigenvalue weighted by Crippen LogP contribution is 2.37. The predicted molar refractivity (Wildman–Crippen MR) is 102 cm³/mol. The number of hydrogen-bond acceptors (Lipinski definition) is 6. The van der Waals surface area contributed by atoms with Gasteiger partial charge in [0.25, 0.3) is 10.0 Å². The van der Waals surface area contributed by atoms with Gasteiger partial charge in [-0.1, -0.05) is 11.6 Å². The van der Waals surface area contributed by atoms with Crippen LogP contribution in [0.15, 0.2) is 17.0 Å². The molecule has 8 nitrogen and oxygen atoms in total. The highest BCUT2D eigenvalue weighted by atomic mass is 35.5. The monoisotopic (exact) mass is 416 g/mol. The number of carbonyl (C=O) groups is 1. The first-order valence-corrected chi connectivity index (χ1v) is 9.83. The van der Waals surface area contributed by atoms with Crippen LogP contribution in [0.2, 0.25) is 5.02 Å². The first-order chi connectivity index (χ1) is 12.7. The van der Waals surface area contributed by atoms with Gasteiger partial charge in [0.1, 0.15) is 22.0 Å². The Kier molecular flexibility index (Phi) is 6.27. The number of esters is 1. The van der Waals surface area contributed by atoms with Crippen molar-refractivity contribution in [2.75, 3.05) is 25.5 Å². The molecule has 0 saturated heterocycles. The van der Waals surface area contributed by atoms with Gasteiger partial charge >= 0.3 is 5.97 Å². The number of carbonyl (C=O) groups excluding carboxylic acids is 1. The van der Waals surface area contributed by atoms with Crippen molar-refractivity contribution in [1.82, 2.24) is 4.98 Å². The Morgan fingerprint density at radius 1 is 1.15 bits per heavy atom. The summed E-state index contributed by atoms with van der Waals surface area (Å²) in [5.41, 5.74) is 0.768. The molecule has 0 aliphatic heterocycles. The summed E-state index contributed by atoms with van der Waals surface area (Å²) in [7, 11) is -1.33. The molecule has 10 heteroatoms. The van der Waals surface area contributed by atoms with Crippen LogP contribution in [0.25, 0.3) is 0 Å². The minimum Gasteiger partial charge on any atom is -0.495 e. The van der Waals surface area contributed by atoms with E-state index in [9.17, 15) is 13.2 Å². The predicted octanol–water partition coefficient (Wildman–Crippen LogP) is 3.28. The van der Waals surface area contributed by atoms with Gasteiger partial charge in [-0.25, -0.2) is 13.2 Å². The molecule has 2 aromatic rings. The summed E-state index contributed by atoms with van der Waals surface area (Å²) in [6.07, 6.45) is 0. The van der Waals surface area contributed by atoms with E-state index in [-0.39, 0.29) is 33.5 Å². The van der Waals surface area contributed by atoms with Gasteiger partial charge in [0.05, 0.1) is 31.5 Å². The average molecular weight is 417 g/mol.